The van der Waals surface area contributed by atoms with Gasteiger partial charge in [0.1, 0.15) is 12.1 Å². The van der Waals surface area contributed by atoms with E-state index in [1.165, 1.54) is 12.3 Å². The van der Waals surface area contributed by atoms with Gasteiger partial charge in [0.2, 0.25) is 0 Å². The lowest BCUT2D eigenvalue weighted by Gasteiger charge is -2.28. The second-order valence-electron chi connectivity index (χ2n) is 2.61. The summed E-state index contributed by atoms with van der Waals surface area (Å²) in [6.45, 7) is 5.30. The fourth-order valence-corrected chi connectivity index (χ4v) is 0.954. The van der Waals surface area contributed by atoms with Crippen molar-refractivity contribution in [3.63, 3.8) is 0 Å². The summed E-state index contributed by atoms with van der Waals surface area (Å²) in [5, 5.41) is 0. The Hall–Kier alpha value is -1.09. The van der Waals surface area contributed by atoms with Crippen molar-refractivity contribution in [1.29, 1.82) is 0 Å². The van der Waals surface area contributed by atoms with Crippen LogP contribution in [0, 0.1) is 0 Å². The van der Waals surface area contributed by atoms with E-state index in [0.717, 1.165) is 0 Å². The number of Topliss-reactive ketones (excluding diaryl/α,β-unsaturated/α-hetero) is 1. The molecule has 1 aliphatic heterocycles. The Balaban J connectivity index is 3.06. The van der Waals surface area contributed by atoms with Crippen LogP contribution in [0.2, 0.25) is 0 Å². The molecule has 0 bridgehead atoms. The first-order chi connectivity index (χ1) is 5.11. The molecule has 2 N–H and O–H groups in total. The van der Waals surface area contributed by atoms with Crippen molar-refractivity contribution >= 4 is 5.78 Å². The molecule has 3 nitrogen and oxygen atoms in total. The lowest BCUT2D eigenvalue weighted by Crippen LogP contribution is -2.50. The highest BCUT2D eigenvalue weighted by Crippen LogP contribution is 2.20. The predicted molar refractivity (Wildman–Crippen MR) is 41.8 cm³/mol. The van der Waals surface area contributed by atoms with Crippen LogP contribution in [0.25, 0.3) is 0 Å². The van der Waals surface area contributed by atoms with Crippen molar-refractivity contribution in [2.24, 2.45) is 5.73 Å². The van der Waals surface area contributed by atoms with Crippen LogP contribution in [-0.2, 0) is 9.53 Å². The first-order valence-electron chi connectivity index (χ1n) is 3.36. The van der Waals surface area contributed by atoms with Crippen LogP contribution in [0.1, 0.15) is 6.92 Å². The van der Waals surface area contributed by atoms with Crippen molar-refractivity contribution in [3.05, 3.63) is 24.5 Å². The quantitative estimate of drug-likeness (QED) is 0.554. The highest BCUT2D eigenvalue weighted by atomic mass is 16.5. The van der Waals surface area contributed by atoms with E-state index in [-0.39, 0.29) is 12.4 Å². The van der Waals surface area contributed by atoms with Gasteiger partial charge in [-0.3, -0.25) is 4.79 Å². The fraction of sp³-hybridized carbons (Fsp3) is 0.375. The molecule has 1 rings (SSSR count). The molecule has 0 saturated heterocycles. The minimum Gasteiger partial charge on any atom is -0.493 e. The monoisotopic (exact) mass is 153 g/mol. The molecule has 1 heterocycles. The largest absolute Gasteiger partial charge is 0.493 e. The summed E-state index contributed by atoms with van der Waals surface area (Å²) in [6, 6.07) is 0. The second kappa shape index (κ2) is 2.51. The summed E-state index contributed by atoms with van der Waals surface area (Å²) in [4.78, 5) is 11.2. The molecule has 0 aliphatic carbocycles. The van der Waals surface area contributed by atoms with Gasteiger partial charge >= 0.3 is 0 Å². The van der Waals surface area contributed by atoms with E-state index in [4.69, 9.17) is 10.5 Å². The predicted octanol–water partition coefficient (Wildman–Crippen LogP) is 0.373. The van der Waals surface area contributed by atoms with Gasteiger partial charge in [0.05, 0.1) is 6.26 Å². The molecule has 0 saturated carbocycles. The summed E-state index contributed by atoms with van der Waals surface area (Å²) < 4.78 is 4.85. The number of rotatable bonds is 1. The summed E-state index contributed by atoms with van der Waals surface area (Å²) in [5.41, 5.74) is 5.43. The van der Waals surface area contributed by atoms with E-state index >= 15 is 0 Å². The molecule has 11 heavy (non-hydrogen) atoms. The van der Waals surface area contributed by atoms with Crippen molar-refractivity contribution in [2.45, 2.75) is 12.5 Å². The molecule has 1 unspecified atom stereocenters. The maximum absolute atomic E-state index is 11.2. The number of ether oxygens (including phenoxy) is 1. The molecule has 0 fully saturated rings. The van der Waals surface area contributed by atoms with Crippen LogP contribution in [0.4, 0.5) is 0 Å². The first-order valence-corrected chi connectivity index (χ1v) is 3.36. The van der Waals surface area contributed by atoms with Gasteiger partial charge in [-0.25, -0.2) is 0 Å². The number of nitrogens with two attached hydrogens (primary N) is 1. The molecule has 1 atom stereocenters. The lowest BCUT2D eigenvalue weighted by atomic mass is 9.87. The van der Waals surface area contributed by atoms with Crippen LogP contribution in [0.3, 0.4) is 0 Å². The normalized spacial score (nSPS) is 30.7. The van der Waals surface area contributed by atoms with Crippen LogP contribution in [0.5, 0.6) is 0 Å². The second-order valence-corrected chi connectivity index (χ2v) is 2.61. The van der Waals surface area contributed by atoms with Gasteiger partial charge < -0.3 is 10.5 Å². The Labute approximate surface area is 65.5 Å². The molecule has 0 radical (unpaired) electrons. The Morgan fingerprint density at radius 1 is 1.91 bits per heavy atom. The van der Waals surface area contributed by atoms with Gasteiger partial charge in [0.15, 0.2) is 5.78 Å². The highest BCUT2D eigenvalue weighted by Gasteiger charge is 2.35. The standard InChI is InChI=1S/C8H11NO2/c1-3-8(9)6(2)4-11-5-7(8)10/h3-4H,1,5,9H2,2H3. The molecule has 60 valence electrons. The third-order valence-corrected chi connectivity index (χ3v) is 1.91. The third-order valence-electron chi connectivity index (χ3n) is 1.91. The summed E-state index contributed by atoms with van der Waals surface area (Å²) in [6.07, 6.45) is 2.95. The van der Waals surface area contributed by atoms with Crippen molar-refractivity contribution in [2.75, 3.05) is 6.61 Å². The Morgan fingerprint density at radius 2 is 2.55 bits per heavy atom. The topological polar surface area (TPSA) is 52.3 Å². The maximum Gasteiger partial charge on any atom is 0.198 e. The molecule has 0 aromatic rings. The van der Waals surface area contributed by atoms with E-state index < -0.39 is 5.54 Å². The SMILES string of the molecule is C=CC1(N)C(=O)COC=C1C. The smallest absolute Gasteiger partial charge is 0.198 e. The van der Waals surface area contributed by atoms with Gasteiger partial charge in [-0.2, -0.15) is 0 Å². The minimum atomic E-state index is -1.00. The van der Waals surface area contributed by atoms with Crippen LogP contribution < -0.4 is 5.73 Å². The zero-order valence-electron chi connectivity index (χ0n) is 6.46. The molecule has 0 aromatic carbocycles. The molecule has 0 amide bonds. The van der Waals surface area contributed by atoms with Crippen molar-refractivity contribution in [1.82, 2.24) is 0 Å². The van der Waals surface area contributed by atoms with E-state index in [2.05, 4.69) is 6.58 Å². The summed E-state index contributed by atoms with van der Waals surface area (Å²) in [5.74, 6) is -0.146. The van der Waals surface area contributed by atoms with Crippen molar-refractivity contribution < 1.29 is 9.53 Å². The van der Waals surface area contributed by atoms with Gasteiger partial charge in [-0.1, -0.05) is 6.08 Å². The number of hydrogen-bond acceptors (Lipinski definition) is 3. The van der Waals surface area contributed by atoms with Gasteiger partial charge in [-0.15, -0.1) is 6.58 Å². The van der Waals surface area contributed by atoms with E-state index in [1.807, 2.05) is 0 Å². The molecule has 1 aliphatic rings. The minimum absolute atomic E-state index is 0.0415. The highest BCUT2D eigenvalue weighted by molar-refractivity contribution is 5.95. The number of carbonyl (C=O) groups excluding carboxylic acids is 1. The van der Waals surface area contributed by atoms with E-state index in [9.17, 15) is 4.79 Å². The zero-order valence-corrected chi connectivity index (χ0v) is 6.46. The Morgan fingerprint density at radius 3 is 2.91 bits per heavy atom. The fourth-order valence-electron chi connectivity index (χ4n) is 0.954. The van der Waals surface area contributed by atoms with Crippen LogP contribution >= 0.6 is 0 Å². The van der Waals surface area contributed by atoms with Gasteiger partial charge in [0, 0.05) is 0 Å². The molecule has 3 heteroatoms. The first kappa shape index (κ1) is 8.01. The average Bonchev–Trinajstić information content (AvgIpc) is 2.00. The summed E-state index contributed by atoms with van der Waals surface area (Å²) >= 11 is 0. The average molecular weight is 153 g/mol. The maximum atomic E-state index is 11.2. The van der Waals surface area contributed by atoms with Crippen LogP contribution in [0.15, 0.2) is 24.5 Å². The van der Waals surface area contributed by atoms with Crippen molar-refractivity contribution in [3.8, 4) is 0 Å². The van der Waals surface area contributed by atoms with Crippen LogP contribution in [-0.4, -0.2) is 17.9 Å². The number of hydrogen-bond donors (Lipinski definition) is 1. The lowest BCUT2D eigenvalue weighted by molar-refractivity contribution is -0.125. The van der Waals surface area contributed by atoms with E-state index in [1.54, 1.807) is 6.92 Å². The third kappa shape index (κ3) is 1.07. The zero-order chi connectivity index (χ0) is 8.48. The molecular formula is C8H11NO2. The van der Waals surface area contributed by atoms with E-state index in [0.29, 0.717) is 5.57 Å². The van der Waals surface area contributed by atoms with Gasteiger partial charge in [-0.05, 0) is 12.5 Å². The molecule has 0 aromatic heterocycles. The number of ketones is 1. The Bertz CT molecular complexity index is 232. The Kier molecular flexibility index (Phi) is 1.83. The number of carbonyl (C=O) groups is 1. The molecule has 0 spiro atoms. The molecular weight excluding hydrogens is 142 g/mol. The summed E-state index contributed by atoms with van der Waals surface area (Å²) in [7, 11) is 0. The van der Waals surface area contributed by atoms with Gasteiger partial charge in [0.25, 0.3) is 0 Å².